The summed E-state index contributed by atoms with van der Waals surface area (Å²) in [5.74, 6) is -1.18. The van der Waals surface area contributed by atoms with E-state index in [1.807, 2.05) is 0 Å². The number of hydrogen-bond donors (Lipinski definition) is 1. The average Bonchev–Trinajstić information content (AvgIpc) is 2.51. The molecule has 1 heterocycles. The molecule has 24 heavy (non-hydrogen) atoms. The van der Waals surface area contributed by atoms with Gasteiger partial charge in [0.15, 0.2) is 12.4 Å². The number of ketones is 1. The highest BCUT2D eigenvalue weighted by Gasteiger charge is 2.28. The van der Waals surface area contributed by atoms with Crippen molar-refractivity contribution >= 4 is 11.5 Å². The monoisotopic (exact) mass is 342 g/mol. The van der Waals surface area contributed by atoms with Crippen LogP contribution in [0.5, 0.6) is 5.88 Å². The van der Waals surface area contributed by atoms with Crippen molar-refractivity contribution in [2.45, 2.75) is 19.6 Å². The summed E-state index contributed by atoms with van der Waals surface area (Å²) in [6.45, 7) is 0.0665. The Kier molecular flexibility index (Phi) is 5.38. The fourth-order valence-electron chi connectivity index (χ4n) is 1.98. The predicted octanol–water partition coefficient (Wildman–Crippen LogP) is 3.98. The van der Waals surface area contributed by atoms with Crippen molar-refractivity contribution in [3.63, 3.8) is 0 Å². The SMILES string of the molecule is CC(=O)c1c(F)cccc1NCc1ccc(OCC(F)(F)F)nc1. The van der Waals surface area contributed by atoms with E-state index in [2.05, 4.69) is 15.0 Å². The van der Waals surface area contributed by atoms with E-state index < -0.39 is 24.4 Å². The molecule has 128 valence electrons. The Morgan fingerprint density at radius 1 is 1.25 bits per heavy atom. The fourth-order valence-corrected chi connectivity index (χ4v) is 1.98. The molecular weight excluding hydrogens is 328 g/mol. The van der Waals surface area contributed by atoms with Gasteiger partial charge in [-0.25, -0.2) is 9.37 Å². The van der Waals surface area contributed by atoms with Crippen LogP contribution in [0.3, 0.4) is 0 Å². The summed E-state index contributed by atoms with van der Waals surface area (Å²) in [6.07, 6.45) is -3.09. The van der Waals surface area contributed by atoms with Crippen LogP contribution in [0.25, 0.3) is 0 Å². The van der Waals surface area contributed by atoms with Crippen molar-refractivity contribution < 1.29 is 27.1 Å². The Morgan fingerprint density at radius 3 is 2.58 bits per heavy atom. The molecule has 0 aliphatic carbocycles. The number of Topliss-reactive ketones (excluding diaryl/α,β-unsaturated/α-hetero) is 1. The number of hydrogen-bond acceptors (Lipinski definition) is 4. The van der Waals surface area contributed by atoms with E-state index >= 15 is 0 Å². The molecule has 1 N–H and O–H groups in total. The molecule has 0 amide bonds. The zero-order valence-electron chi connectivity index (χ0n) is 12.7. The summed E-state index contributed by atoms with van der Waals surface area (Å²) >= 11 is 0. The fraction of sp³-hybridized carbons (Fsp3) is 0.250. The summed E-state index contributed by atoms with van der Waals surface area (Å²) in [6, 6.07) is 7.05. The highest BCUT2D eigenvalue weighted by atomic mass is 19.4. The van der Waals surface area contributed by atoms with Crippen LogP contribution in [0.1, 0.15) is 22.8 Å². The maximum absolute atomic E-state index is 13.7. The smallest absolute Gasteiger partial charge is 0.422 e. The first-order chi connectivity index (χ1) is 11.3. The third-order valence-corrected chi connectivity index (χ3v) is 3.03. The van der Waals surface area contributed by atoms with E-state index in [0.29, 0.717) is 11.3 Å². The molecule has 0 aliphatic rings. The predicted molar refractivity (Wildman–Crippen MR) is 79.5 cm³/mol. The largest absolute Gasteiger partial charge is 0.468 e. The summed E-state index contributed by atoms with van der Waals surface area (Å²) in [4.78, 5) is 15.3. The van der Waals surface area contributed by atoms with Crippen LogP contribution in [0.4, 0.5) is 23.2 Å². The molecule has 1 aromatic heterocycles. The standard InChI is InChI=1S/C16H14F4N2O2/c1-10(23)15-12(17)3-2-4-13(15)21-7-11-5-6-14(22-8-11)24-9-16(18,19)20/h2-6,8,21H,7,9H2,1H3. The van der Waals surface area contributed by atoms with Gasteiger partial charge in [0.25, 0.3) is 0 Å². The maximum Gasteiger partial charge on any atom is 0.422 e. The molecular formula is C16H14F4N2O2. The topological polar surface area (TPSA) is 51.2 Å². The second-order valence-corrected chi connectivity index (χ2v) is 4.98. The van der Waals surface area contributed by atoms with E-state index in [9.17, 15) is 22.4 Å². The number of aromatic nitrogens is 1. The molecule has 2 rings (SSSR count). The number of benzene rings is 1. The molecule has 2 aromatic rings. The number of alkyl halides is 3. The molecule has 0 bridgehead atoms. The van der Waals surface area contributed by atoms with Gasteiger partial charge in [-0.3, -0.25) is 4.79 Å². The number of nitrogens with one attached hydrogen (secondary N) is 1. The first-order valence-corrected chi connectivity index (χ1v) is 6.94. The van der Waals surface area contributed by atoms with Gasteiger partial charge in [-0.15, -0.1) is 0 Å². The van der Waals surface area contributed by atoms with Gasteiger partial charge in [0.05, 0.1) is 5.56 Å². The quantitative estimate of drug-likeness (QED) is 0.637. The third kappa shape index (κ3) is 4.94. The minimum Gasteiger partial charge on any atom is -0.468 e. The molecule has 0 radical (unpaired) electrons. The minimum atomic E-state index is -4.43. The van der Waals surface area contributed by atoms with Gasteiger partial charge < -0.3 is 10.1 Å². The molecule has 0 saturated heterocycles. The number of rotatable bonds is 6. The van der Waals surface area contributed by atoms with E-state index in [-0.39, 0.29) is 18.0 Å². The second-order valence-electron chi connectivity index (χ2n) is 4.98. The van der Waals surface area contributed by atoms with Crippen molar-refractivity contribution in [3.05, 3.63) is 53.5 Å². The minimum absolute atomic E-state index is 0.0458. The molecule has 0 unspecified atom stereocenters. The molecule has 0 fully saturated rings. The molecule has 0 spiro atoms. The first-order valence-electron chi connectivity index (χ1n) is 6.94. The lowest BCUT2D eigenvalue weighted by atomic mass is 10.1. The van der Waals surface area contributed by atoms with Crippen LogP contribution >= 0.6 is 0 Å². The zero-order valence-corrected chi connectivity index (χ0v) is 12.7. The Balaban J connectivity index is 2.01. The number of pyridine rings is 1. The normalized spacial score (nSPS) is 11.2. The van der Waals surface area contributed by atoms with Crippen molar-refractivity contribution in [2.24, 2.45) is 0 Å². The van der Waals surface area contributed by atoms with Crippen molar-refractivity contribution in [1.82, 2.24) is 4.98 Å². The van der Waals surface area contributed by atoms with Gasteiger partial charge in [0.2, 0.25) is 5.88 Å². The van der Waals surface area contributed by atoms with Crippen LogP contribution < -0.4 is 10.1 Å². The molecule has 4 nitrogen and oxygen atoms in total. The van der Waals surface area contributed by atoms with Gasteiger partial charge in [0.1, 0.15) is 5.82 Å². The lowest BCUT2D eigenvalue weighted by Gasteiger charge is -2.12. The van der Waals surface area contributed by atoms with Crippen molar-refractivity contribution in [2.75, 3.05) is 11.9 Å². The first kappa shape index (κ1) is 17.7. The van der Waals surface area contributed by atoms with Gasteiger partial charge in [-0.05, 0) is 24.6 Å². The number of ether oxygens (including phenoxy) is 1. The summed E-state index contributed by atoms with van der Waals surface area (Å²) in [5.41, 5.74) is 0.920. The van der Waals surface area contributed by atoms with E-state index in [4.69, 9.17) is 0 Å². The molecule has 0 aliphatic heterocycles. The lowest BCUT2D eigenvalue weighted by Crippen LogP contribution is -2.19. The van der Waals surface area contributed by atoms with Crippen LogP contribution in [0.2, 0.25) is 0 Å². The molecule has 0 saturated carbocycles. The number of carbonyl (C=O) groups excluding carboxylic acids is 1. The Hall–Kier alpha value is -2.64. The maximum atomic E-state index is 13.7. The van der Waals surface area contributed by atoms with Crippen LogP contribution in [-0.4, -0.2) is 23.6 Å². The Morgan fingerprint density at radius 2 is 2.00 bits per heavy atom. The zero-order chi connectivity index (χ0) is 17.7. The number of nitrogens with zero attached hydrogens (tertiary/aromatic N) is 1. The number of anilines is 1. The Labute approximate surface area is 135 Å². The van der Waals surface area contributed by atoms with Gasteiger partial charge in [-0.2, -0.15) is 13.2 Å². The molecule has 1 aromatic carbocycles. The van der Waals surface area contributed by atoms with Crippen LogP contribution in [0.15, 0.2) is 36.5 Å². The molecule has 0 atom stereocenters. The molecule has 8 heteroatoms. The highest BCUT2D eigenvalue weighted by molar-refractivity contribution is 5.99. The van der Waals surface area contributed by atoms with Gasteiger partial charge in [-0.1, -0.05) is 12.1 Å². The van der Waals surface area contributed by atoms with Gasteiger partial charge >= 0.3 is 6.18 Å². The third-order valence-electron chi connectivity index (χ3n) is 3.03. The lowest BCUT2D eigenvalue weighted by molar-refractivity contribution is -0.154. The van der Waals surface area contributed by atoms with Crippen LogP contribution in [-0.2, 0) is 6.54 Å². The highest BCUT2D eigenvalue weighted by Crippen LogP contribution is 2.21. The Bertz CT molecular complexity index is 715. The van der Waals surface area contributed by atoms with E-state index in [1.54, 1.807) is 6.07 Å². The van der Waals surface area contributed by atoms with E-state index in [0.717, 1.165) is 0 Å². The number of carbonyl (C=O) groups is 1. The van der Waals surface area contributed by atoms with Crippen molar-refractivity contribution in [1.29, 1.82) is 0 Å². The second kappa shape index (κ2) is 7.29. The summed E-state index contributed by atoms with van der Waals surface area (Å²) < 4.78 is 54.3. The summed E-state index contributed by atoms with van der Waals surface area (Å²) in [5, 5.41) is 2.91. The van der Waals surface area contributed by atoms with E-state index in [1.165, 1.54) is 37.4 Å². The average molecular weight is 342 g/mol. The van der Waals surface area contributed by atoms with Crippen LogP contribution in [0, 0.1) is 5.82 Å². The van der Waals surface area contributed by atoms with Crippen molar-refractivity contribution in [3.8, 4) is 5.88 Å². The number of halogens is 4. The van der Waals surface area contributed by atoms with Gasteiger partial charge in [0, 0.05) is 24.5 Å². The summed E-state index contributed by atoms with van der Waals surface area (Å²) in [7, 11) is 0.